The number of aromatic nitrogens is 3. The van der Waals surface area contributed by atoms with E-state index < -0.39 is 12.1 Å². The highest BCUT2D eigenvalue weighted by Gasteiger charge is 2.37. The molecule has 0 radical (unpaired) electrons. The number of ether oxygens (including phenoxy) is 1. The Kier molecular flexibility index (Phi) is 6.60. The molecule has 5 N–H and O–H groups in total. The molecule has 1 saturated heterocycles. The number of hydrogen-bond acceptors (Lipinski definition) is 5. The van der Waals surface area contributed by atoms with Gasteiger partial charge in [0.1, 0.15) is 11.9 Å². The van der Waals surface area contributed by atoms with Crippen molar-refractivity contribution in [2.75, 3.05) is 19.4 Å². The first-order chi connectivity index (χ1) is 17.8. The number of imidazole rings is 1. The monoisotopic (exact) mass is 500 g/mol. The summed E-state index contributed by atoms with van der Waals surface area (Å²) in [5.41, 5.74) is 11.6. The van der Waals surface area contributed by atoms with Crippen molar-refractivity contribution in [1.29, 1.82) is 0 Å². The van der Waals surface area contributed by atoms with E-state index in [1.807, 2.05) is 55.3 Å². The van der Waals surface area contributed by atoms with E-state index in [9.17, 15) is 9.59 Å². The van der Waals surface area contributed by atoms with Crippen LogP contribution in [0.5, 0.6) is 0 Å². The first-order valence-electron chi connectivity index (χ1n) is 12.5. The number of alkyl carbamates (subject to hydrolysis) is 1. The topological polar surface area (TPSA) is 129 Å². The molecule has 9 heteroatoms. The molecule has 0 unspecified atom stereocenters. The van der Waals surface area contributed by atoms with Crippen LogP contribution in [-0.4, -0.2) is 51.5 Å². The lowest BCUT2D eigenvalue weighted by Crippen LogP contribution is -2.51. The highest BCUT2D eigenvalue weighted by atomic mass is 16.5. The van der Waals surface area contributed by atoms with E-state index in [-0.39, 0.29) is 17.9 Å². The second-order valence-electron chi connectivity index (χ2n) is 9.83. The van der Waals surface area contributed by atoms with Crippen LogP contribution in [0.2, 0.25) is 0 Å². The first kappa shape index (κ1) is 24.4. The van der Waals surface area contributed by atoms with Crippen LogP contribution in [0.25, 0.3) is 33.4 Å². The number of anilines is 1. The van der Waals surface area contributed by atoms with Crippen LogP contribution >= 0.6 is 0 Å². The van der Waals surface area contributed by atoms with E-state index in [4.69, 9.17) is 15.5 Å². The average molecular weight is 501 g/mol. The number of carbonyl (C=O) groups excluding carboxylic acids is 2. The zero-order valence-corrected chi connectivity index (χ0v) is 21.2. The van der Waals surface area contributed by atoms with E-state index >= 15 is 0 Å². The molecule has 0 aliphatic carbocycles. The van der Waals surface area contributed by atoms with Crippen molar-refractivity contribution in [3.8, 4) is 22.5 Å². The summed E-state index contributed by atoms with van der Waals surface area (Å²) in [6.07, 6.45) is 2.96. The van der Waals surface area contributed by atoms with E-state index in [1.54, 1.807) is 0 Å². The second-order valence-corrected chi connectivity index (χ2v) is 9.83. The smallest absolute Gasteiger partial charge is 0.407 e. The number of benzene rings is 2. The van der Waals surface area contributed by atoms with Crippen molar-refractivity contribution in [3.05, 3.63) is 60.6 Å². The number of amides is 2. The number of nitrogens with one attached hydrogen (secondary N) is 3. The number of nitrogen functional groups attached to an aromatic ring is 1. The zero-order valence-electron chi connectivity index (χ0n) is 21.2. The number of fused-ring (bicyclic) bond motifs is 1. The third-order valence-corrected chi connectivity index (χ3v) is 6.98. The van der Waals surface area contributed by atoms with Crippen LogP contribution in [0.1, 0.15) is 38.6 Å². The molecule has 0 bridgehead atoms. The number of rotatable bonds is 6. The summed E-state index contributed by atoms with van der Waals surface area (Å²) in [6.45, 7) is 4.43. The quantitative estimate of drug-likeness (QED) is 0.281. The molecule has 3 heterocycles. The molecule has 0 saturated carbocycles. The molecule has 1 fully saturated rings. The maximum Gasteiger partial charge on any atom is 0.407 e. The molecule has 192 valence electrons. The Morgan fingerprint density at radius 1 is 1.14 bits per heavy atom. The molecule has 5 rings (SSSR count). The van der Waals surface area contributed by atoms with Gasteiger partial charge in [0, 0.05) is 40.6 Å². The summed E-state index contributed by atoms with van der Waals surface area (Å²) in [4.78, 5) is 38.5. The lowest BCUT2D eigenvalue weighted by atomic mass is 10.0. The number of nitrogens with zero attached hydrogens (tertiary/aromatic N) is 2. The molecule has 4 aromatic rings. The lowest BCUT2D eigenvalue weighted by Gasteiger charge is -2.29. The van der Waals surface area contributed by atoms with Gasteiger partial charge in [0.15, 0.2) is 0 Å². The summed E-state index contributed by atoms with van der Waals surface area (Å²) >= 11 is 0. The Morgan fingerprint density at radius 3 is 2.62 bits per heavy atom. The van der Waals surface area contributed by atoms with Gasteiger partial charge < -0.3 is 30.7 Å². The fourth-order valence-electron chi connectivity index (χ4n) is 4.98. The van der Waals surface area contributed by atoms with Gasteiger partial charge >= 0.3 is 6.09 Å². The number of aromatic amines is 2. The van der Waals surface area contributed by atoms with Gasteiger partial charge in [-0.1, -0.05) is 38.1 Å². The third-order valence-electron chi connectivity index (χ3n) is 6.98. The molecule has 9 nitrogen and oxygen atoms in total. The third kappa shape index (κ3) is 4.89. The molecular formula is C28H32N6O3. The van der Waals surface area contributed by atoms with Crippen molar-refractivity contribution in [2.45, 2.75) is 38.8 Å². The van der Waals surface area contributed by atoms with Gasteiger partial charge in [0.05, 0.1) is 18.8 Å². The Bertz CT molecular complexity index is 1420. The summed E-state index contributed by atoms with van der Waals surface area (Å²) in [5, 5.41) is 3.76. The Morgan fingerprint density at radius 2 is 1.89 bits per heavy atom. The zero-order chi connectivity index (χ0) is 26.1. The molecule has 1 aliphatic heterocycles. The minimum Gasteiger partial charge on any atom is -0.453 e. The van der Waals surface area contributed by atoms with E-state index in [2.05, 4.69) is 33.5 Å². The average Bonchev–Trinajstić information content (AvgIpc) is 3.65. The Labute approximate surface area is 215 Å². The molecule has 1 aliphatic rings. The molecule has 37 heavy (non-hydrogen) atoms. The maximum atomic E-state index is 13.4. The van der Waals surface area contributed by atoms with Crippen LogP contribution in [0.15, 0.2) is 54.7 Å². The van der Waals surface area contributed by atoms with E-state index in [0.717, 1.165) is 57.8 Å². The van der Waals surface area contributed by atoms with Crippen LogP contribution in [0.4, 0.5) is 10.5 Å². The van der Waals surface area contributed by atoms with Crippen molar-refractivity contribution in [2.24, 2.45) is 5.92 Å². The van der Waals surface area contributed by atoms with Crippen LogP contribution < -0.4 is 11.1 Å². The van der Waals surface area contributed by atoms with Gasteiger partial charge in [-0.3, -0.25) is 4.79 Å². The predicted octanol–water partition coefficient (Wildman–Crippen LogP) is 4.85. The molecular weight excluding hydrogens is 468 g/mol. The number of hydrogen-bond donors (Lipinski definition) is 4. The van der Waals surface area contributed by atoms with E-state index in [1.165, 1.54) is 7.11 Å². The molecule has 2 aromatic heterocycles. The lowest BCUT2D eigenvalue weighted by molar-refractivity contribution is -0.135. The molecule has 2 amide bonds. The SMILES string of the molecule is COC(=O)N[C@H](C(=O)N1CCC[C@H]1c1nc(-c2ccc(-c3cc4cc(N)ccc4[nH]3)cc2)c[nH]1)C(C)C. The summed E-state index contributed by atoms with van der Waals surface area (Å²) in [6, 6.07) is 15.3. The minimum absolute atomic E-state index is 0.0758. The Balaban J connectivity index is 1.33. The fraction of sp³-hybridized carbons (Fsp3) is 0.321. The second kappa shape index (κ2) is 10.0. The summed E-state index contributed by atoms with van der Waals surface area (Å²) in [7, 11) is 1.29. The van der Waals surface area contributed by atoms with Gasteiger partial charge in [0.25, 0.3) is 0 Å². The van der Waals surface area contributed by atoms with Gasteiger partial charge in [0.2, 0.25) is 5.91 Å². The highest BCUT2D eigenvalue weighted by Crippen LogP contribution is 2.33. The summed E-state index contributed by atoms with van der Waals surface area (Å²) < 4.78 is 4.72. The minimum atomic E-state index is -0.656. The maximum absolute atomic E-state index is 13.4. The van der Waals surface area contributed by atoms with Gasteiger partial charge in [-0.15, -0.1) is 0 Å². The first-order valence-corrected chi connectivity index (χ1v) is 12.5. The highest BCUT2D eigenvalue weighted by molar-refractivity contribution is 5.88. The van der Waals surface area contributed by atoms with Crippen LogP contribution in [0.3, 0.4) is 0 Å². The largest absolute Gasteiger partial charge is 0.453 e. The van der Waals surface area contributed by atoms with Crippen molar-refractivity contribution in [1.82, 2.24) is 25.2 Å². The normalized spacial score (nSPS) is 16.3. The number of carbonyl (C=O) groups is 2. The van der Waals surface area contributed by atoms with Crippen LogP contribution in [0, 0.1) is 5.92 Å². The number of methoxy groups -OCH3 is 1. The molecule has 2 atom stereocenters. The molecule has 0 spiro atoms. The summed E-state index contributed by atoms with van der Waals surface area (Å²) in [5.74, 6) is 0.553. The van der Waals surface area contributed by atoms with Crippen LogP contribution in [-0.2, 0) is 9.53 Å². The number of nitrogens with two attached hydrogens (primary N) is 1. The van der Waals surface area contributed by atoms with E-state index in [0.29, 0.717) is 6.54 Å². The van der Waals surface area contributed by atoms with Gasteiger partial charge in [-0.25, -0.2) is 9.78 Å². The van der Waals surface area contributed by atoms with Crippen molar-refractivity contribution < 1.29 is 14.3 Å². The predicted molar refractivity (Wildman–Crippen MR) is 144 cm³/mol. The van der Waals surface area contributed by atoms with Crippen molar-refractivity contribution >= 4 is 28.6 Å². The standard InChI is InChI=1S/C28H32N6O3/c1-16(2)25(33-28(36)37-3)27(35)34-12-4-5-24(34)26-30-15-23(32-26)18-8-6-17(7-9-18)22-14-19-13-20(29)10-11-21(19)31-22/h6-11,13-16,24-25,31H,4-5,12,29H2,1-3H3,(H,30,32)(H,33,36)/t24-,25-/m0/s1. The molecule has 2 aromatic carbocycles. The van der Waals surface area contributed by atoms with Gasteiger partial charge in [-0.2, -0.15) is 0 Å². The van der Waals surface area contributed by atoms with Gasteiger partial charge in [-0.05, 0) is 48.6 Å². The van der Waals surface area contributed by atoms with Crippen molar-refractivity contribution in [3.63, 3.8) is 0 Å². The number of H-pyrrole nitrogens is 2. The Hall–Kier alpha value is -4.27. The number of likely N-dealkylation sites (tertiary alicyclic amines) is 1. The fourth-order valence-corrected chi connectivity index (χ4v) is 4.98.